The second-order valence-electron chi connectivity index (χ2n) is 17.4. The first-order valence-corrected chi connectivity index (χ1v) is 19.4. The van der Waals surface area contributed by atoms with E-state index in [9.17, 15) is 0 Å². The second kappa shape index (κ2) is 9.30. The van der Waals surface area contributed by atoms with E-state index < -0.39 is 0 Å². The fourth-order valence-corrected chi connectivity index (χ4v) is 13.3. The van der Waals surface area contributed by atoms with Gasteiger partial charge in [-0.2, -0.15) is 0 Å². The van der Waals surface area contributed by atoms with Crippen LogP contribution in [0.4, 0.5) is 0 Å². The largest absolute Gasteiger partial charge is 0.305 e. The number of pyridine rings is 2. The Morgan fingerprint density at radius 1 is 0.449 bits per heavy atom. The molecule has 3 aromatic carbocycles. The summed E-state index contributed by atoms with van der Waals surface area (Å²) in [4.78, 5) is 10.9. The number of hydrogen-bond donors (Lipinski definition) is 0. The first kappa shape index (κ1) is 26.6. The number of rotatable bonds is 2. The van der Waals surface area contributed by atoms with Crippen LogP contribution in [0, 0.1) is 23.7 Å². The SMILES string of the molecule is c1ccc(-c2ccc(-c3cc4c5c6c(ncc5n5c7cnc8c(c7c(c3)c45)C3CC4CC(CC8C4)C3)C3CC4CC(C3)CC6C4)cc2)cc1. The summed E-state index contributed by atoms with van der Waals surface area (Å²) >= 11 is 0. The van der Waals surface area contributed by atoms with Crippen molar-refractivity contribution in [3.05, 3.63) is 102 Å². The van der Waals surface area contributed by atoms with Gasteiger partial charge < -0.3 is 4.40 Å². The lowest BCUT2D eigenvalue weighted by Gasteiger charge is -2.38. The van der Waals surface area contributed by atoms with Crippen LogP contribution in [0.25, 0.3) is 60.3 Å². The monoisotopic (exact) mass is 635 g/mol. The van der Waals surface area contributed by atoms with Crippen LogP contribution in [0.15, 0.2) is 79.1 Å². The highest BCUT2D eigenvalue weighted by Gasteiger charge is 2.46. The van der Waals surface area contributed by atoms with Gasteiger partial charge >= 0.3 is 0 Å². The van der Waals surface area contributed by atoms with Crippen LogP contribution in [0.2, 0.25) is 0 Å². The average Bonchev–Trinajstić information content (AvgIpc) is 3.51. The van der Waals surface area contributed by atoms with Gasteiger partial charge in [0.2, 0.25) is 0 Å². The molecule has 0 spiro atoms. The fraction of sp³-hybridized carbons (Fsp3) is 0.391. The van der Waals surface area contributed by atoms with Gasteiger partial charge in [0.25, 0.3) is 0 Å². The smallest absolute Gasteiger partial charge is 0.0728 e. The van der Waals surface area contributed by atoms with Crippen LogP contribution in [0.1, 0.15) is 110 Å². The molecule has 4 unspecified atom stereocenters. The summed E-state index contributed by atoms with van der Waals surface area (Å²) in [7, 11) is 0. The summed E-state index contributed by atoms with van der Waals surface area (Å²) in [5.74, 6) is 6.10. The highest BCUT2D eigenvalue weighted by Crippen LogP contribution is 2.60. The van der Waals surface area contributed by atoms with Gasteiger partial charge in [-0.15, -0.1) is 0 Å². The molecule has 4 saturated carbocycles. The highest BCUT2D eigenvalue weighted by molar-refractivity contribution is 6.25. The third-order valence-corrected chi connectivity index (χ3v) is 14.8. The van der Waals surface area contributed by atoms with Crippen molar-refractivity contribution in [1.82, 2.24) is 14.4 Å². The maximum atomic E-state index is 5.45. The molecule has 8 aliphatic rings. The predicted octanol–water partition coefficient (Wildman–Crippen LogP) is 11.7. The van der Waals surface area contributed by atoms with E-state index in [4.69, 9.17) is 9.97 Å². The van der Waals surface area contributed by atoms with Crippen LogP contribution in [-0.4, -0.2) is 14.4 Å². The summed E-state index contributed by atoms with van der Waals surface area (Å²) in [6.45, 7) is 0. The summed E-state index contributed by atoms with van der Waals surface area (Å²) in [6.07, 6.45) is 18.3. The molecule has 240 valence electrons. The molecule has 0 radical (unpaired) electrons. The number of aromatic nitrogens is 3. The van der Waals surface area contributed by atoms with E-state index in [1.165, 1.54) is 136 Å². The van der Waals surface area contributed by atoms with Gasteiger partial charge in [0.1, 0.15) is 0 Å². The van der Waals surface area contributed by atoms with Crippen LogP contribution in [0.3, 0.4) is 0 Å². The number of hydrogen-bond acceptors (Lipinski definition) is 2. The first-order valence-electron chi connectivity index (χ1n) is 19.4. The molecule has 0 amide bonds. The number of nitrogens with zero attached hydrogens (tertiary/aromatic N) is 3. The van der Waals surface area contributed by atoms with E-state index in [2.05, 4.69) is 83.5 Å². The molecule has 4 aromatic heterocycles. The molecule has 3 nitrogen and oxygen atoms in total. The van der Waals surface area contributed by atoms with Gasteiger partial charge in [-0.1, -0.05) is 54.6 Å². The molecule has 8 bridgehead atoms. The standard InChI is InChI=1S/C46H41N3/c1-2-4-28(5-3-1)29-6-8-30(9-7-29)31-20-36-42-38(22-47-44-34-16-24-10-25(17-34)13-32(12-24)40(42)44)49-39-23-48-45-35-18-26-11-27(19-35)15-33(14-26)41(45)43(39)37(21-31)46(36)49/h1-9,20-27,32-35H,10-19H2. The van der Waals surface area contributed by atoms with Crippen molar-refractivity contribution in [3.63, 3.8) is 0 Å². The molecule has 7 aromatic rings. The molecule has 8 aliphatic carbocycles. The molecule has 15 rings (SSSR count). The summed E-state index contributed by atoms with van der Waals surface area (Å²) < 4.78 is 2.63. The third kappa shape index (κ3) is 3.50. The maximum absolute atomic E-state index is 5.45. The van der Waals surface area contributed by atoms with E-state index in [0.717, 1.165) is 23.7 Å². The lowest BCUT2D eigenvalue weighted by Crippen LogP contribution is -2.25. The zero-order valence-electron chi connectivity index (χ0n) is 28.0. The lowest BCUT2D eigenvalue weighted by atomic mass is 9.67. The third-order valence-electron chi connectivity index (χ3n) is 14.8. The van der Waals surface area contributed by atoms with Gasteiger partial charge in [-0.05, 0) is 145 Å². The lowest BCUT2D eigenvalue weighted by molar-refractivity contribution is 0.165. The highest BCUT2D eigenvalue weighted by atomic mass is 14.9. The van der Waals surface area contributed by atoms with Gasteiger partial charge in [0, 0.05) is 44.8 Å². The van der Waals surface area contributed by atoms with Gasteiger partial charge in [-0.3, -0.25) is 9.97 Å². The second-order valence-corrected chi connectivity index (χ2v) is 17.4. The van der Waals surface area contributed by atoms with E-state index in [1.54, 1.807) is 11.1 Å². The van der Waals surface area contributed by atoms with Gasteiger partial charge in [0.15, 0.2) is 0 Å². The van der Waals surface area contributed by atoms with Crippen molar-refractivity contribution in [1.29, 1.82) is 0 Å². The molecule has 0 N–H and O–H groups in total. The Morgan fingerprint density at radius 3 is 1.37 bits per heavy atom. The van der Waals surface area contributed by atoms with Crippen LogP contribution in [-0.2, 0) is 0 Å². The summed E-state index contributed by atoms with van der Waals surface area (Å²) in [5.41, 5.74) is 15.5. The van der Waals surface area contributed by atoms with Crippen LogP contribution in [0.5, 0.6) is 0 Å². The predicted molar refractivity (Wildman–Crippen MR) is 199 cm³/mol. The Balaban J connectivity index is 1.13. The summed E-state index contributed by atoms with van der Waals surface area (Å²) in [6, 6.07) is 25.3. The fourth-order valence-electron chi connectivity index (χ4n) is 13.3. The molecule has 0 saturated heterocycles. The van der Waals surface area contributed by atoms with E-state index in [1.807, 2.05) is 0 Å². The van der Waals surface area contributed by atoms with Crippen molar-refractivity contribution in [2.24, 2.45) is 23.7 Å². The zero-order valence-corrected chi connectivity index (χ0v) is 28.0. The van der Waals surface area contributed by atoms with E-state index in [-0.39, 0.29) is 0 Å². The van der Waals surface area contributed by atoms with Crippen molar-refractivity contribution >= 4 is 38.1 Å². The Hall–Kier alpha value is -4.24. The summed E-state index contributed by atoms with van der Waals surface area (Å²) in [5, 5.41) is 5.95. The van der Waals surface area contributed by atoms with Crippen molar-refractivity contribution in [2.45, 2.75) is 87.9 Å². The van der Waals surface area contributed by atoms with Crippen molar-refractivity contribution in [2.75, 3.05) is 0 Å². The topological polar surface area (TPSA) is 30.2 Å². The first-order chi connectivity index (χ1) is 24.2. The van der Waals surface area contributed by atoms with Crippen molar-refractivity contribution in [3.8, 4) is 22.3 Å². The molecule has 4 heterocycles. The quantitative estimate of drug-likeness (QED) is 0.189. The Labute approximate surface area is 287 Å². The van der Waals surface area contributed by atoms with Gasteiger partial charge in [-0.25, -0.2) is 0 Å². The Bertz CT molecular complexity index is 2350. The molecule has 4 atom stereocenters. The van der Waals surface area contributed by atoms with E-state index >= 15 is 0 Å². The number of fused-ring (bicyclic) bond motifs is 6. The molecular formula is C46H41N3. The van der Waals surface area contributed by atoms with Gasteiger partial charge in [0.05, 0.1) is 28.9 Å². The van der Waals surface area contributed by atoms with Crippen molar-refractivity contribution < 1.29 is 0 Å². The van der Waals surface area contributed by atoms with E-state index in [0.29, 0.717) is 23.7 Å². The molecule has 0 aliphatic heterocycles. The minimum absolute atomic E-state index is 0.639. The Kier molecular flexibility index (Phi) is 5.05. The maximum Gasteiger partial charge on any atom is 0.0728 e. The average molecular weight is 636 g/mol. The molecule has 4 fully saturated rings. The molecule has 49 heavy (non-hydrogen) atoms. The minimum Gasteiger partial charge on any atom is -0.305 e. The van der Waals surface area contributed by atoms with Crippen LogP contribution >= 0.6 is 0 Å². The minimum atomic E-state index is 0.639. The molecular weight excluding hydrogens is 595 g/mol. The Morgan fingerprint density at radius 2 is 0.878 bits per heavy atom. The van der Waals surface area contributed by atoms with Crippen LogP contribution < -0.4 is 0 Å². The number of benzene rings is 3. The molecule has 3 heteroatoms. The normalized spacial score (nSPS) is 30.9. The zero-order chi connectivity index (χ0) is 31.5.